The predicted molar refractivity (Wildman–Crippen MR) is 119 cm³/mol. The predicted octanol–water partition coefficient (Wildman–Crippen LogP) is 4.01. The van der Waals surface area contributed by atoms with Crippen molar-refractivity contribution in [1.82, 2.24) is 9.61 Å². The van der Waals surface area contributed by atoms with E-state index >= 15 is 0 Å². The van der Waals surface area contributed by atoms with E-state index in [-0.39, 0.29) is 29.9 Å². The van der Waals surface area contributed by atoms with E-state index in [1.165, 1.54) is 50.0 Å². The van der Waals surface area contributed by atoms with Gasteiger partial charge in [-0.15, -0.1) is 0 Å². The van der Waals surface area contributed by atoms with Gasteiger partial charge in [-0.05, 0) is 50.1 Å². The van der Waals surface area contributed by atoms with Gasteiger partial charge in [-0.25, -0.2) is 8.91 Å². The first-order chi connectivity index (χ1) is 16.5. The zero-order chi connectivity index (χ0) is 25.5. The van der Waals surface area contributed by atoms with E-state index in [4.69, 9.17) is 9.47 Å². The summed E-state index contributed by atoms with van der Waals surface area (Å²) in [5.74, 6) is -0.994. The summed E-state index contributed by atoms with van der Waals surface area (Å²) in [6, 6.07) is 6.07. The van der Waals surface area contributed by atoms with Crippen LogP contribution in [0, 0.1) is 5.92 Å². The molecule has 0 radical (unpaired) electrons. The van der Waals surface area contributed by atoms with Crippen LogP contribution in [0.5, 0.6) is 17.2 Å². The second-order valence-corrected chi connectivity index (χ2v) is 8.90. The number of carbonyl (C=O) groups excluding carboxylic acids is 1. The lowest BCUT2D eigenvalue weighted by Gasteiger charge is -2.27. The molecule has 188 valence electrons. The summed E-state index contributed by atoms with van der Waals surface area (Å²) in [4.78, 5) is 12.8. The lowest BCUT2D eigenvalue weighted by Crippen LogP contribution is -2.41. The standard InChI is InChI=1S/C24H25F3N2O6/c1-24(2,22(31)32)35-14-4-5-17-15(10-28-29(17)11-14)12-8-19(33-3)21(20(9-12)34-23(26)27)18(30)7-13-6-16(13)25/h4-5,8-11,13,16,22-23,31-32H,6-7H2,1-3H3/t13-,16-/m0/s1. The smallest absolute Gasteiger partial charge is 0.387 e. The van der Waals surface area contributed by atoms with Crippen molar-refractivity contribution in [2.24, 2.45) is 5.92 Å². The molecule has 2 heterocycles. The number of halogens is 3. The molecule has 1 aromatic carbocycles. The van der Waals surface area contributed by atoms with Crippen molar-refractivity contribution in [3.8, 4) is 28.4 Å². The van der Waals surface area contributed by atoms with Crippen LogP contribution in [0.3, 0.4) is 0 Å². The summed E-state index contributed by atoms with van der Waals surface area (Å²) in [5.41, 5.74) is 0.0672. The average molecular weight is 494 g/mol. The number of ketones is 1. The second-order valence-electron chi connectivity index (χ2n) is 8.90. The summed E-state index contributed by atoms with van der Waals surface area (Å²) in [6.45, 7) is -0.176. The molecule has 2 N–H and O–H groups in total. The first-order valence-electron chi connectivity index (χ1n) is 10.9. The number of nitrogens with zero attached hydrogens (tertiary/aromatic N) is 2. The lowest BCUT2D eigenvalue weighted by atomic mass is 9.98. The minimum absolute atomic E-state index is 0.0252. The minimum atomic E-state index is -3.19. The van der Waals surface area contributed by atoms with E-state index in [0.29, 0.717) is 22.4 Å². The lowest BCUT2D eigenvalue weighted by molar-refractivity contribution is -0.154. The molecule has 1 aliphatic rings. The van der Waals surface area contributed by atoms with Crippen LogP contribution in [0.15, 0.2) is 36.7 Å². The zero-order valence-corrected chi connectivity index (χ0v) is 19.2. The molecule has 1 aliphatic carbocycles. The highest BCUT2D eigenvalue weighted by Crippen LogP contribution is 2.42. The van der Waals surface area contributed by atoms with Crippen molar-refractivity contribution in [2.75, 3.05) is 7.11 Å². The third kappa shape index (κ3) is 5.20. The number of hydrogen-bond donors (Lipinski definition) is 2. The minimum Gasteiger partial charge on any atom is -0.496 e. The summed E-state index contributed by atoms with van der Waals surface area (Å²) in [7, 11) is 1.30. The number of Topliss-reactive ketones (excluding diaryl/α,β-unsaturated/α-hetero) is 1. The molecule has 0 amide bonds. The highest BCUT2D eigenvalue weighted by atomic mass is 19.3. The van der Waals surface area contributed by atoms with Crippen LogP contribution in [0.2, 0.25) is 0 Å². The Kier molecular flexibility index (Phi) is 6.65. The van der Waals surface area contributed by atoms with Crippen LogP contribution in [0.25, 0.3) is 16.6 Å². The molecule has 1 saturated carbocycles. The maximum Gasteiger partial charge on any atom is 0.387 e. The number of benzene rings is 1. The number of rotatable bonds is 10. The molecule has 35 heavy (non-hydrogen) atoms. The van der Waals surface area contributed by atoms with Gasteiger partial charge in [0.2, 0.25) is 0 Å². The number of fused-ring (bicyclic) bond motifs is 1. The fraction of sp³-hybridized carbons (Fsp3) is 0.417. The molecule has 11 heteroatoms. The van der Waals surface area contributed by atoms with E-state index in [0.717, 1.165) is 0 Å². The Labute approximate surface area is 198 Å². The van der Waals surface area contributed by atoms with Crippen LogP contribution in [0.4, 0.5) is 13.2 Å². The third-order valence-corrected chi connectivity index (χ3v) is 5.87. The first-order valence-corrected chi connectivity index (χ1v) is 10.9. The van der Waals surface area contributed by atoms with Crippen LogP contribution in [-0.2, 0) is 0 Å². The summed E-state index contributed by atoms with van der Waals surface area (Å²) in [5, 5.41) is 23.2. The van der Waals surface area contributed by atoms with Gasteiger partial charge in [0.25, 0.3) is 0 Å². The Morgan fingerprint density at radius 3 is 2.54 bits per heavy atom. The average Bonchev–Trinajstić information content (AvgIpc) is 3.30. The monoisotopic (exact) mass is 494 g/mol. The maximum atomic E-state index is 13.3. The Bertz CT molecular complexity index is 1240. The third-order valence-electron chi connectivity index (χ3n) is 5.87. The number of alkyl halides is 3. The molecule has 0 saturated heterocycles. The van der Waals surface area contributed by atoms with E-state index in [2.05, 4.69) is 9.84 Å². The molecular formula is C24H25F3N2O6. The van der Waals surface area contributed by atoms with Gasteiger partial charge in [-0.2, -0.15) is 13.9 Å². The normalized spacial score (nSPS) is 17.8. The number of ether oxygens (including phenoxy) is 3. The van der Waals surface area contributed by atoms with Crippen molar-refractivity contribution in [3.63, 3.8) is 0 Å². The highest BCUT2D eigenvalue weighted by Gasteiger charge is 2.40. The van der Waals surface area contributed by atoms with Crippen LogP contribution in [0.1, 0.15) is 37.0 Å². The molecule has 2 atom stereocenters. The molecule has 2 aromatic heterocycles. The van der Waals surface area contributed by atoms with Crippen molar-refractivity contribution in [1.29, 1.82) is 0 Å². The van der Waals surface area contributed by atoms with Crippen molar-refractivity contribution in [2.45, 2.75) is 51.4 Å². The van der Waals surface area contributed by atoms with E-state index < -0.39 is 36.4 Å². The van der Waals surface area contributed by atoms with Crippen LogP contribution < -0.4 is 14.2 Å². The molecule has 0 unspecified atom stereocenters. The fourth-order valence-electron chi connectivity index (χ4n) is 3.74. The van der Waals surface area contributed by atoms with Crippen molar-refractivity contribution < 1.29 is 42.4 Å². The number of aromatic nitrogens is 2. The van der Waals surface area contributed by atoms with Gasteiger partial charge in [0, 0.05) is 17.9 Å². The van der Waals surface area contributed by atoms with Gasteiger partial charge < -0.3 is 24.4 Å². The zero-order valence-electron chi connectivity index (χ0n) is 19.2. The van der Waals surface area contributed by atoms with Gasteiger partial charge in [0.1, 0.15) is 29.0 Å². The molecule has 1 fully saturated rings. The summed E-state index contributed by atoms with van der Waals surface area (Å²) >= 11 is 0. The maximum absolute atomic E-state index is 13.3. The quantitative estimate of drug-likeness (QED) is 0.324. The van der Waals surface area contributed by atoms with Crippen molar-refractivity contribution in [3.05, 3.63) is 42.2 Å². The molecule has 4 rings (SSSR count). The highest BCUT2D eigenvalue weighted by molar-refractivity contribution is 6.03. The summed E-state index contributed by atoms with van der Waals surface area (Å²) < 4.78 is 56.8. The SMILES string of the molecule is COc1cc(-c2cnn3cc(OC(C)(C)C(O)O)ccc23)cc(OC(F)F)c1C(=O)C[C@@H]1C[C@@H]1F. The van der Waals surface area contributed by atoms with Crippen LogP contribution >= 0.6 is 0 Å². The second kappa shape index (κ2) is 9.38. The molecule has 8 nitrogen and oxygen atoms in total. The van der Waals surface area contributed by atoms with E-state index in [9.17, 15) is 28.2 Å². The van der Waals surface area contributed by atoms with E-state index in [1.54, 1.807) is 12.1 Å². The van der Waals surface area contributed by atoms with Gasteiger partial charge >= 0.3 is 6.61 Å². The largest absolute Gasteiger partial charge is 0.496 e. The number of carbonyl (C=O) groups is 1. The van der Waals surface area contributed by atoms with Gasteiger partial charge in [0.15, 0.2) is 17.7 Å². The topological polar surface area (TPSA) is 103 Å². The molecule has 0 spiro atoms. The summed E-state index contributed by atoms with van der Waals surface area (Å²) in [6.07, 6.45) is 0.365. The first kappa shape index (κ1) is 24.8. The Morgan fingerprint density at radius 2 is 1.94 bits per heavy atom. The number of hydrogen-bond acceptors (Lipinski definition) is 7. The molecular weight excluding hydrogens is 469 g/mol. The molecule has 0 bridgehead atoms. The van der Waals surface area contributed by atoms with Gasteiger partial charge in [-0.3, -0.25) is 4.79 Å². The number of methoxy groups -OCH3 is 1. The van der Waals surface area contributed by atoms with Gasteiger partial charge in [0.05, 0.1) is 25.0 Å². The van der Waals surface area contributed by atoms with Crippen molar-refractivity contribution >= 4 is 11.3 Å². The van der Waals surface area contributed by atoms with Crippen LogP contribution in [-0.4, -0.2) is 57.4 Å². The number of aliphatic hydroxyl groups excluding tert-OH is 1. The van der Waals surface area contributed by atoms with Gasteiger partial charge in [-0.1, -0.05) is 0 Å². The van der Waals surface area contributed by atoms with E-state index in [1.807, 2.05) is 0 Å². The molecule has 3 aromatic rings. The number of aliphatic hydroxyl groups is 2. The number of pyridine rings is 1. The Morgan fingerprint density at radius 1 is 1.26 bits per heavy atom. The Hall–Kier alpha value is -3.31. The Balaban J connectivity index is 1.73. The fourth-order valence-corrected chi connectivity index (χ4v) is 3.74. The molecule has 0 aliphatic heterocycles.